The summed E-state index contributed by atoms with van der Waals surface area (Å²) in [6, 6.07) is 22.2. The van der Waals surface area contributed by atoms with Gasteiger partial charge in [0.2, 0.25) is 0 Å². The molecule has 0 amide bonds. The molecule has 81 valence electrons. The van der Waals surface area contributed by atoms with Crippen LogP contribution in [0.15, 0.2) is 54.6 Å². The van der Waals surface area contributed by atoms with Gasteiger partial charge in [-0.15, -0.1) is 0 Å². The van der Waals surface area contributed by atoms with Crippen molar-refractivity contribution in [2.24, 2.45) is 0 Å². The predicted molar refractivity (Wildman–Crippen MR) is 68.5 cm³/mol. The van der Waals surface area contributed by atoms with Gasteiger partial charge < -0.3 is 0 Å². The van der Waals surface area contributed by atoms with Gasteiger partial charge in [-0.25, -0.2) is 0 Å². The third-order valence-corrected chi connectivity index (χ3v) is 3.02. The molecule has 1 unspecified atom stereocenters. The third-order valence-electron chi connectivity index (χ3n) is 3.02. The van der Waals surface area contributed by atoms with E-state index in [2.05, 4.69) is 61.5 Å². The molecular weight excluding hydrogens is 192 g/mol. The van der Waals surface area contributed by atoms with Crippen molar-refractivity contribution in [1.82, 2.24) is 0 Å². The van der Waals surface area contributed by atoms with Crippen LogP contribution in [-0.2, 0) is 6.42 Å². The minimum Gasteiger partial charge on any atom is -0.0648 e. The average Bonchev–Trinajstić information content (AvgIpc) is 2.38. The van der Waals surface area contributed by atoms with E-state index in [-0.39, 0.29) is 0 Å². The summed E-state index contributed by atoms with van der Waals surface area (Å²) in [5.74, 6) is 0.622. The average molecular weight is 209 g/mol. The monoisotopic (exact) mass is 209 g/mol. The second-order valence-corrected chi connectivity index (χ2v) is 4.13. The van der Waals surface area contributed by atoms with Crippen LogP contribution in [0, 0.1) is 6.07 Å². The van der Waals surface area contributed by atoms with Crippen LogP contribution in [0.2, 0.25) is 0 Å². The van der Waals surface area contributed by atoms with Gasteiger partial charge in [-0.1, -0.05) is 61.5 Å². The van der Waals surface area contributed by atoms with E-state index in [9.17, 15) is 0 Å². The normalized spacial score (nSPS) is 12.3. The molecule has 1 radical (unpaired) electrons. The van der Waals surface area contributed by atoms with Crippen molar-refractivity contribution >= 4 is 0 Å². The van der Waals surface area contributed by atoms with E-state index in [4.69, 9.17) is 0 Å². The number of hydrogen-bond acceptors (Lipinski definition) is 0. The Morgan fingerprint density at radius 1 is 1.06 bits per heavy atom. The van der Waals surface area contributed by atoms with Crippen LogP contribution in [0.3, 0.4) is 0 Å². The van der Waals surface area contributed by atoms with Crippen molar-refractivity contribution < 1.29 is 0 Å². The van der Waals surface area contributed by atoms with Crippen LogP contribution in [0.4, 0.5) is 0 Å². The van der Waals surface area contributed by atoms with E-state index >= 15 is 0 Å². The van der Waals surface area contributed by atoms with Gasteiger partial charge in [0, 0.05) is 0 Å². The third kappa shape index (κ3) is 2.73. The first-order valence-corrected chi connectivity index (χ1v) is 5.90. The summed E-state index contributed by atoms with van der Waals surface area (Å²) < 4.78 is 0. The fraction of sp³-hybridized carbons (Fsp3) is 0.250. The standard InChI is InChI=1S/C16H17/c1-2-15(16-11-7-4-8-12-16)13-14-9-5-3-6-10-14/h3-5,7-12,15H,2,13H2,1H3. The van der Waals surface area contributed by atoms with E-state index in [0.29, 0.717) is 5.92 Å². The maximum Gasteiger partial charge on any atom is -0.0124 e. The second-order valence-electron chi connectivity index (χ2n) is 4.13. The molecule has 0 aliphatic rings. The molecule has 0 saturated heterocycles. The van der Waals surface area contributed by atoms with E-state index in [0.717, 1.165) is 6.42 Å². The van der Waals surface area contributed by atoms with E-state index in [1.807, 2.05) is 6.07 Å². The molecule has 0 heterocycles. The summed E-state index contributed by atoms with van der Waals surface area (Å²) in [5, 5.41) is 0. The van der Waals surface area contributed by atoms with Gasteiger partial charge in [0.1, 0.15) is 0 Å². The molecule has 0 aliphatic heterocycles. The molecule has 1 atom stereocenters. The van der Waals surface area contributed by atoms with Crippen LogP contribution in [0.5, 0.6) is 0 Å². The summed E-state index contributed by atoms with van der Waals surface area (Å²) in [5.41, 5.74) is 2.81. The topological polar surface area (TPSA) is 0 Å². The first-order chi connectivity index (χ1) is 7.90. The quantitative estimate of drug-likeness (QED) is 0.707. The van der Waals surface area contributed by atoms with Crippen molar-refractivity contribution in [3.63, 3.8) is 0 Å². The maximum absolute atomic E-state index is 3.14. The Labute approximate surface area is 97.9 Å². The molecule has 0 aromatic heterocycles. The van der Waals surface area contributed by atoms with Gasteiger partial charge in [-0.2, -0.15) is 0 Å². The highest BCUT2D eigenvalue weighted by atomic mass is 14.1. The predicted octanol–water partition coefficient (Wildman–Crippen LogP) is 4.22. The zero-order valence-electron chi connectivity index (χ0n) is 9.69. The molecule has 2 aromatic rings. The molecule has 0 spiro atoms. The summed E-state index contributed by atoms with van der Waals surface area (Å²) >= 11 is 0. The van der Waals surface area contributed by atoms with Crippen LogP contribution in [-0.4, -0.2) is 0 Å². The summed E-state index contributed by atoms with van der Waals surface area (Å²) in [6.07, 6.45) is 2.29. The molecule has 2 aromatic carbocycles. The summed E-state index contributed by atoms with van der Waals surface area (Å²) in [6.45, 7) is 2.25. The van der Waals surface area contributed by atoms with E-state index in [1.54, 1.807) is 0 Å². The largest absolute Gasteiger partial charge is 0.0648 e. The number of hydrogen-bond donors (Lipinski definition) is 0. The molecule has 0 aliphatic carbocycles. The molecule has 0 bridgehead atoms. The van der Waals surface area contributed by atoms with Crippen LogP contribution in [0.1, 0.15) is 30.4 Å². The van der Waals surface area contributed by atoms with Crippen molar-refractivity contribution in [2.45, 2.75) is 25.7 Å². The maximum atomic E-state index is 3.14. The van der Waals surface area contributed by atoms with Gasteiger partial charge in [-0.05, 0) is 36.0 Å². The molecule has 0 fully saturated rings. The smallest absolute Gasteiger partial charge is 0.0124 e. The number of benzene rings is 2. The highest BCUT2D eigenvalue weighted by Crippen LogP contribution is 2.23. The Morgan fingerprint density at radius 3 is 2.50 bits per heavy atom. The Hall–Kier alpha value is -1.56. The first kappa shape index (κ1) is 10.9. The number of rotatable bonds is 4. The molecule has 16 heavy (non-hydrogen) atoms. The van der Waals surface area contributed by atoms with Crippen molar-refractivity contribution in [2.75, 3.05) is 0 Å². The van der Waals surface area contributed by atoms with Crippen molar-refractivity contribution in [1.29, 1.82) is 0 Å². The lowest BCUT2D eigenvalue weighted by Gasteiger charge is -2.15. The Balaban J connectivity index is 2.13. The van der Waals surface area contributed by atoms with Gasteiger partial charge in [0.15, 0.2) is 0 Å². The van der Waals surface area contributed by atoms with E-state index < -0.39 is 0 Å². The molecule has 0 saturated carbocycles. The Bertz CT molecular complexity index is 403. The molecule has 0 heteroatoms. The summed E-state index contributed by atoms with van der Waals surface area (Å²) in [7, 11) is 0. The fourth-order valence-electron chi connectivity index (χ4n) is 2.07. The molecule has 0 N–H and O–H groups in total. The first-order valence-electron chi connectivity index (χ1n) is 5.90. The van der Waals surface area contributed by atoms with Crippen LogP contribution >= 0.6 is 0 Å². The van der Waals surface area contributed by atoms with Gasteiger partial charge in [0.05, 0.1) is 0 Å². The highest BCUT2D eigenvalue weighted by Gasteiger charge is 2.09. The minimum atomic E-state index is 0.622. The zero-order chi connectivity index (χ0) is 11.2. The van der Waals surface area contributed by atoms with Crippen LogP contribution < -0.4 is 0 Å². The Morgan fingerprint density at radius 2 is 1.88 bits per heavy atom. The minimum absolute atomic E-state index is 0.622. The lowest BCUT2D eigenvalue weighted by atomic mass is 9.90. The summed E-state index contributed by atoms with van der Waals surface area (Å²) in [4.78, 5) is 0. The zero-order valence-corrected chi connectivity index (χ0v) is 9.69. The molecule has 0 nitrogen and oxygen atoms in total. The van der Waals surface area contributed by atoms with Crippen molar-refractivity contribution in [3.05, 3.63) is 71.8 Å². The molecule has 2 rings (SSSR count). The van der Waals surface area contributed by atoms with E-state index in [1.165, 1.54) is 17.5 Å². The lowest BCUT2D eigenvalue weighted by molar-refractivity contribution is 0.660. The Kier molecular flexibility index (Phi) is 3.76. The van der Waals surface area contributed by atoms with Gasteiger partial charge in [0.25, 0.3) is 0 Å². The highest BCUT2D eigenvalue weighted by molar-refractivity contribution is 5.23. The van der Waals surface area contributed by atoms with Crippen LogP contribution in [0.25, 0.3) is 0 Å². The van der Waals surface area contributed by atoms with Crippen molar-refractivity contribution in [3.8, 4) is 0 Å². The SMILES string of the molecule is CCC(Cc1c[c]ccc1)c1ccccc1. The molecular formula is C16H17. The second kappa shape index (κ2) is 5.50. The fourth-order valence-corrected chi connectivity index (χ4v) is 2.07. The van der Waals surface area contributed by atoms with Gasteiger partial charge >= 0.3 is 0 Å². The lowest BCUT2D eigenvalue weighted by Crippen LogP contribution is -2.01. The van der Waals surface area contributed by atoms with Gasteiger partial charge in [-0.3, -0.25) is 0 Å².